The molecule has 0 amide bonds. The normalized spacial score (nSPS) is 10.3. The molecule has 0 saturated carbocycles. The van der Waals surface area contributed by atoms with Gasteiger partial charge in [-0.3, -0.25) is 0 Å². The minimum absolute atomic E-state index is 0. The zero-order valence-corrected chi connectivity index (χ0v) is 17.0. The van der Waals surface area contributed by atoms with E-state index in [9.17, 15) is 0 Å². The molecule has 0 saturated heterocycles. The first-order valence-corrected chi connectivity index (χ1v) is 9.30. The SMILES string of the molecule is Cc1ccc(COc2ccccc2CNCCc2ccc(Cl)cc2)cc1.Cl. The molecule has 0 aliphatic heterocycles. The maximum absolute atomic E-state index is 6.04. The number of ether oxygens (including phenoxy) is 1. The zero-order valence-electron chi connectivity index (χ0n) is 15.5. The van der Waals surface area contributed by atoms with E-state index >= 15 is 0 Å². The molecule has 3 aromatic rings. The molecule has 0 radical (unpaired) electrons. The Morgan fingerprint density at radius 3 is 2.26 bits per heavy atom. The number of rotatable bonds is 8. The Balaban J connectivity index is 0.00000261. The second-order valence-corrected chi connectivity index (χ2v) is 6.87. The van der Waals surface area contributed by atoms with Gasteiger partial charge in [0.15, 0.2) is 0 Å². The van der Waals surface area contributed by atoms with Gasteiger partial charge in [-0.15, -0.1) is 12.4 Å². The highest BCUT2D eigenvalue weighted by molar-refractivity contribution is 6.30. The summed E-state index contributed by atoms with van der Waals surface area (Å²) in [6.07, 6.45) is 0.976. The van der Waals surface area contributed by atoms with Gasteiger partial charge in [-0.2, -0.15) is 0 Å². The summed E-state index contributed by atoms with van der Waals surface area (Å²) in [6, 6.07) is 24.7. The zero-order chi connectivity index (χ0) is 18.2. The maximum atomic E-state index is 6.04. The third kappa shape index (κ3) is 6.91. The molecule has 0 bridgehead atoms. The Hall–Kier alpha value is -2.00. The Morgan fingerprint density at radius 2 is 1.52 bits per heavy atom. The van der Waals surface area contributed by atoms with Crippen molar-refractivity contribution < 1.29 is 4.74 Å². The van der Waals surface area contributed by atoms with E-state index in [1.165, 1.54) is 22.3 Å². The average molecular weight is 402 g/mol. The van der Waals surface area contributed by atoms with E-state index in [-0.39, 0.29) is 12.4 Å². The summed E-state index contributed by atoms with van der Waals surface area (Å²) in [6.45, 7) is 4.38. The average Bonchev–Trinajstić information content (AvgIpc) is 2.67. The lowest BCUT2D eigenvalue weighted by Crippen LogP contribution is -2.17. The van der Waals surface area contributed by atoms with E-state index in [4.69, 9.17) is 16.3 Å². The van der Waals surface area contributed by atoms with Crippen molar-refractivity contribution in [1.29, 1.82) is 0 Å². The van der Waals surface area contributed by atoms with Gasteiger partial charge < -0.3 is 10.1 Å². The highest BCUT2D eigenvalue weighted by atomic mass is 35.5. The molecule has 0 atom stereocenters. The number of aryl methyl sites for hydroxylation is 1. The summed E-state index contributed by atoms with van der Waals surface area (Å²) in [7, 11) is 0. The Bertz CT molecular complexity index is 817. The van der Waals surface area contributed by atoms with E-state index in [0.29, 0.717) is 6.61 Å². The van der Waals surface area contributed by atoms with Crippen LogP contribution in [-0.2, 0) is 19.6 Å². The molecule has 0 aromatic heterocycles. The first-order chi connectivity index (χ1) is 12.7. The largest absolute Gasteiger partial charge is 0.489 e. The second kappa shape index (κ2) is 11.0. The van der Waals surface area contributed by atoms with Crippen LogP contribution >= 0.6 is 24.0 Å². The van der Waals surface area contributed by atoms with Crippen molar-refractivity contribution in [2.24, 2.45) is 0 Å². The molecule has 3 rings (SSSR count). The lowest BCUT2D eigenvalue weighted by atomic mass is 10.1. The predicted octanol–water partition coefficient (Wildman–Crippen LogP) is 5.98. The molecule has 2 nitrogen and oxygen atoms in total. The van der Waals surface area contributed by atoms with Crippen LogP contribution in [0.4, 0.5) is 0 Å². The van der Waals surface area contributed by atoms with Crippen molar-refractivity contribution in [3.05, 3.63) is 100 Å². The van der Waals surface area contributed by atoms with E-state index < -0.39 is 0 Å². The van der Waals surface area contributed by atoms with Crippen molar-refractivity contribution in [1.82, 2.24) is 5.32 Å². The maximum Gasteiger partial charge on any atom is 0.124 e. The van der Waals surface area contributed by atoms with E-state index in [2.05, 4.69) is 60.8 Å². The molecular formula is C23H25Cl2NO. The molecule has 4 heteroatoms. The van der Waals surface area contributed by atoms with Gasteiger partial charge >= 0.3 is 0 Å². The van der Waals surface area contributed by atoms with Crippen LogP contribution in [0.2, 0.25) is 5.02 Å². The first kappa shape index (κ1) is 21.3. The quantitative estimate of drug-likeness (QED) is 0.468. The van der Waals surface area contributed by atoms with Crippen LogP contribution in [0.5, 0.6) is 5.75 Å². The van der Waals surface area contributed by atoms with Crippen LogP contribution in [0.1, 0.15) is 22.3 Å². The number of hydrogen-bond donors (Lipinski definition) is 1. The molecule has 27 heavy (non-hydrogen) atoms. The van der Waals surface area contributed by atoms with Crippen molar-refractivity contribution in [2.45, 2.75) is 26.5 Å². The number of benzene rings is 3. The number of halogens is 2. The topological polar surface area (TPSA) is 21.3 Å². The van der Waals surface area contributed by atoms with Crippen LogP contribution in [0.15, 0.2) is 72.8 Å². The molecule has 0 aliphatic rings. The molecule has 0 heterocycles. The van der Waals surface area contributed by atoms with Crippen LogP contribution in [-0.4, -0.2) is 6.54 Å². The summed E-state index contributed by atoms with van der Waals surface area (Å²) in [4.78, 5) is 0. The summed E-state index contributed by atoms with van der Waals surface area (Å²) in [5.74, 6) is 0.937. The number of nitrogens with one attached hydrogen (secondary N) is 1. The fourth-order valence-electron chi connectivity index (χ4n) is 2.74. The molecule has 0 fully saturated rings. The lowest BCUT2D eigenvalue weighted by molar-refractivity contribution is 0.302. The molecule has 0 aliphatic carbocycles. The smallest absolute Gasteiger partial charge is 0.124 e. The Kier molecular flexibility index (Phi) is 8.66. The Morgan fingerprint density at radius 1 is 0.852 bits per heavy atom. The van der Waals surface area contributed by atoms with Gasteiger partial charge in [0.25, 0.3) is 0 Å². The number of hydrogen-bond acceptors (Lipinski definition) is 2. The third-order valence-electron chi connectivity index (χ3n) is 4.31. The van der Waals surface area contributed by atoms with Gasteiger partial charge in [-0.05, 0) is 49.2 Å². The fourth-order valence-corrected chi connectivity index (χ4v) is 2.87. The summed E-state index contributed by atoms with van der Waals surface area (Å²) >= 11 is 5.92. The molecule has 0 unspecified atom stereocenters. The van der Waals surface area contributed by atoms with Crippen molar-refractivity contribution in [3.8, 4) is 5.75 Å². The van der Waals surface area contributed by atoms with Crippen molar-refractivity contribution >= 4 is 24.0 Å². The monoisotopic (exact) mass is 401 g/mol. The van der Waals surface area contributed by atoms with Crippen LogP contribution in [0, 0.1) is 6.92 Å². The van der Waals surface area contributed by atoms with E-state index in [0.717, 1.165) is 30.3 Å². The molecular weight excluding hydrogens is 377 g/mol. The molecule has 0 spiro atoms. The summed E-state index contributed by atoms with van der Waals surface area (Å²) in [5.41, 5.74) is 4.90. The van der Waals surface area contributed by atoms with Crippen LogP contribution < -0.4 is 10.1 Å². The van der Waals surface area contributed by atoms with Crippen molar-refractivity contribution in [3.63, 3.8) is 0 Å². The van der Waals surface area contributed by atoms with E-state index in [1.807, 2.05) is 24.3 Å². The lowest BCUT2D eigenvalue weighted by Gasteiger charge is -2.12. The Labute approximate surface area is 172 Å². The van der Waals surface area contributed by atoms with Crippen LogP contribution in [0.25, 0.3) is 0 Å². The predicted molar refractivity (Wildman–Crippen MR) is 116 cm³/mol. The standard InChI is InChI=1S/C23H24ClNO.ClH/c1-18-6-8-20(9-7-18)17-26-23-5-3-2-4-21(23)16-25-15-14-19-10-12-22(24)13-11-19;/h2-13,25H,14-17H2,1H3;1H. The van der Waals surface area contributed by atoms with Gasteiger partial charge in [-0.1, -0.05) is 71.8 Å². The van der Waals surface area contributed by atoms with Gasteiger partial charge in [0, 0.05) is 17.1 Å². The number of para-hydroxylation sites is 1. The minimum atomic E-state index is 0. The molecule has 142 valence electrons. The molecule has 1 N–H and O–H groups in total. The van der Waals surface area contributed by atoms with Gasteiger partial charge in [0.2, 0.25) is 0 Å². The van der Waals surface area contributed by atoms with E-state index in [1.54, 1.807) is 0 Å². The van der Waals surface area contributed by atoms with Crippen LogP contribution in [0.3, 0.4) is 0 Å². The molecule has 3 aromatic carbocycles. The first-order valence-electron chi connectivity index (χ1n) is 8.92. The van der Waals surface area contributed by atoms with Crippen molar-refractivity contribution in [2.75, 3.05) is 6.54 Å². The highest BCUT2D eigenvalue weighted by Gasteiger charge is 2.03. The minimum Gasteiger partial charge on any atom is -0.489 e. The third-order valence-corrected chi connectivity index (χ3v) is 4.56. The second-order valence-electron chi connectivity index (χ2n) is 6.44. The summed E-state index contributed by atoms with van der Waals surface area (Å²) < 4.78 is 6.04. The van der Waals surface area contributed by atoms with Gasteiger partial charge in [0.1, 0.15) is 12.4 Å². The van der Waals surface area contributed by atoms with Gasteiger partial charge in [0.05, 0.1) is 0 Å². The fraction of sp³-hybridized carbons (Fsp3) is 0.217. The van der Waals surface area contributed by atoms with Gasteiger partial charge in [-0.25, -0.2) is 0 Å². The highest BCUT2D eigenvalue weighted by Crippen LogP contribution is 2.19. The summed E-state index contributed by atoms with van der Waals surface area (Å²) in [5, 5.41) is 4.28.